The summed E-state index contributed by atoms with van der Waals surface area (Å²) < 4.78 is 2.15. The molecule has 0 aliphatic carbocycles. The minimum absolute atomic E-state index is 0.752. The highest BCUT2D eigenvalue weighted by Crippen LogP contribution is 2.30. The maximum absolute atomic E-state index is 6.23. The zero-order chi connectivity index (χ0) is 18.3. The number of anilines is 1. The Morgan fingerprint density at radius 3 is 2.69 bits per heavy atom. The monoisotopic (exact) mass is 368 g/mol. The van der Waals surface area contributed by atoms with Gasteiger partial charge in [-0.15, -0.1) is 0 Å². The van der Waals surface area contributed by atoms with E-state index in [2.05, 4.69) is 28.4 Å². The summed E-state index contributed by atoms with van der Waals surface area (Å²) in [6, 6.07) is 10.0. The van der Waals surface area contributed by atoms with Gasteiger partial charge >= 0.3 is 0 Å². The van der Waals surface area contributed by atoms with E-state index in [1.807, 2.05) is 31.3 Å². The first-order chi connectivity index (χ1) is 12.5. The van der Waals surface area contributed by atoms with Crippen LogP contribution in [0.5, 0.6) is 0 Å². The summed E-state index contributed by atoms with van der Waals surface area (Å²) in [5, 5.41) is 0.785. The van der Waals surface area contributed by atoms with Crippen LogP contribution >= 0.6 is 11.6 Å². The first-order valence-corrected chi connectivity index (χ1v) is 9.64. The number of fused-ring (bicyclic) bond motifs is 1. The van der Waals surface area contributed by atoms with Crippen LogP contribution in [0.15, 0.2) is 36.5 Å². The third kappa shape index (κ3) is 3.31. The number of nitrogens with zero attached hydrogens (tertiary/aromatic N) is 3. The summed E-state index contributed by atoms with van der Waals surface area (Å²) in [6.45, 7) is 7.53. The van der Waals surface area contributed by atoms with Gasteiger partial charge in [0.15, 0.2) is 0 Å². The van der Waals surface area contributed by atoms with E-state index in [9.17, 15) is 0 Å². The number of aryl methyl sites for hydroxylation is 1. The Kier molecular flexibility index (Phi) is 4.63. The van der Waals surface area contributed by atoms with Crippen molar-refractivity contribution < 1.29 is 0 Å². The topological polar surface area (TPSA) is 46.6 Å². The van der Waals surface area contributed by atoms with Crippen LogP contribution in [0, 0.1) is 12.8 Å². The predicted molar refractivity (Wildman–Crippen MR) is 108 cm³/mol. The van der Waals surface area contributed by atoms with Crippen LogP contribution in [0.4, 0.5) is 5.69 Å². The summed E-state index contributed by atoms with van der Waals surface area (Å²) in [5.41, 5.74) is 12.1. The van der Waals surface area contributed by atoms with Crippen molar-refractivity contribution in [1.29, 1.82) is 0 Å². The Morgan fingerprint density at radius 2 is 1.96 bits per heavy atom. The molecule has 136 valence electrons. The van der Waals surface area contributed by atoms with Crippen LogP contribution in [0.2, 0.25) is 5.02 Å². The highest BCUT2D eigenvalue weighted by Gasteiger charge is 2.21. The third-order valence-corrected chi connectivity index (χ3v) is 5.85. The van der Waals surface area contributed by atoms with Crippen molar-refractivity contribution in [1.82, 2.24) is 14.3 Å². The van der Waals surface area contributed by atoms with Gasteiger partial charge in [0, 0.05) is 29.0 Å². The SMILES string of the molecule is Cc1cc(-c2nc3ccc(N)cn3c2CN2CCC(C)CC2)ccc1Cl. The van der Waals surface area contributed by atoms with E-state index in [4.69, 9.17) is 22.3 Å². The summed E-state index contributed by atoms with van der Waals surface area (Å²) >= 11 is 6.23. The quantitative estimate of drug-likeness (QED) is 0.723. The van der Waals surface area contributed by atoms with Gasteiger partial charge in [0.25, 0.3) is 0 Å². The van der Waals surface area contributed by atoms with Crippen LogP contribution in [0.1, 0.15) is 31.0 Å². The Hall–Kier alpha value is -2.04. The molecule has 1 aliphatic rings. The van der Waals surface area contributed by atoms with Gasteiger partial charge < -0.3 is 10.1 Å². The zero-order valence-electron chi connectivity index (χ0n) is 15.4. The van der Waals surface area contributed by atoms with Gasteiger partial charge in [-0.25, -0.2) is 4.98 Å². The molecule has 1 aromatic carbocycles. The average molecular weight is 369 g/mol. The second-order valence-electron chi connectivity index (χ2n) is 7.52. The highest BCUT2D eigenvalue weighted by molar-refractivity contribution is 6.31. The molecule has 0 atom stereocenters. The highest BCUT2D eigenvalue weighted by atomic mass is 35.5. The molecule has 5 heteroatoms. The Labute approximate surface area is 159 Å². The van der Waals surface area contributed by atoms with Crippen molar-refractivity contribution in [2.75, 3.05) is 18.8 Å². The van der Waals surface area contributed by atoms with E-state index < -0.39 is 0 Å². The molecular weight excluding hydrogens is 344 g/mol. The second-order valence-corrected chi connectivity index (χ2v) is 7.93. The second kappa shape index (κ2) is 6.93. The predicted octanol–water partition coefficient (Wildman–Crippen LogP) is 4.78. The van der Waals surface area contributed by atoms with Crippen LogP contribution in [0.25, 0.3) is 16.9 Å². The first-order valence-electron chi connectivity index (χ1n) is 9.26. The zero-order valence-corrected chi connectivity index (χ0v) is 16.1. The molecule has 1 fully saturated rings. The number of halogens is 1. The molecule has 0 radical (unpaired) electrons. The molecule has 0 unspecified atom stereocenters. The Bertz CT molecular complexity index is 939. The molecule has 2 aromatic heterocycles. The molecular formula is C21H25ClN4. The standard InChI is InChI=1S/C21H25ClN4/c1-14-7-9-25(10-8-14)13-19-21(16-3-5-18(22)15(2)11-16)24-20-6-4-17(23)12-26(19)20/h3-6,11-12,14H,7-10,13,23H2,1-2H3. The molecule has 0 spiro atoms. The van der Waals surface area contributed by atoms with Crippen molar-refractivity contribution in [2.45, 2.75) is 33.2 Å². The van der Waals surface area contributed by atoms with Crippen molar-refractivity contribution in [3.8, 4) is 11.3 Å². The fraction of sp³-hybridized carbons (Fsp3) is 0.381. The van der Waals surface area contributed by atoms with Gasteiger partial charge in [0.2, 0.25) is 0 Å². The van der Waals surface area contributed by atoms with Crippen LogP contribution in [0.3, 0.4) is 0 Å². The number of aromatic nitrogens is 2. The fourth-order valence-corrected chi connectivity index (χ4v) is 3.83. The summed E-state index contributed by atoms with van der Waals surface area (Å²) in [7, 11) is 0. The first kappa shape index (κ1) is 17.4. The minimum atomic E-state index is 0.752. The van der Waals surface area contributed by atoms with Crippen LogP contribution in [-0.4, -0.2) is 27.4 Å². The lowest BCUT2D eigenvalue weighted by atomic mass is 9.99. The molecule has 0 bridgehead atoms. The van der Waals surface area contributed by atoms with Crippen molar-refractivity contribution >= 4 is 22.9 Å². The molecule has 26 heavy (non-hydrogen) atoms. The molecule has 4 nitrogen and oxygen atoms in total. The van der Waals surface area contributed by atoms with Gasteiger partial charge in [0.05, 0.1) is 11.4 Å². The Balaban J connectivity index is 1.79. The number of hydrogen-bond acceptors (Lipinski definition) is 3. The van der Waals surface area contributed by atoms with Crippen molar-refractivity contribution in [3.63, 3.8) is 0 Å². The largest absolute Gasteiger partial charge is 0.398 e. The maximum Gasteiger partial charge on any atom is 0.137 e. The lowest BCUT2D eigenvalue weighted by molar-refractivity contribution is 0.183. The van der Waals surface area contributed by atoms with Crippen molar-refractivity contribution in [3.05, 3.63) is 52.8 Å². The number of rotatable bonds is 3. The molecule has 3 aromatic rings. The molecule has 0 saturated carbocycles. The number of imidazole rings is 1. The molecule has 0 amide bonds. The third-order valence-electron chi connectivity index (χ3n) is 5.42. The summed E-state index contributed by atoms with van der Waals surface area (Å²) in [5.74, 6) is 0.822. The van der Waals surface area contributed by atoms with E-state index in [0.717, 1.165) is 58.7 Å². The van der Waals surface area contributed by atoms with Gasteiger partial charge in [-0.2, -0.15) is 0 Å². The summed E-state index contributed by atoms with van der Waals surface area (Å²) in [6.07, 6.45) is 4.50. The van der Waals surface area contributed by atoms with Gasteiger partial charge in [0.1, 0.15) is 5.65 Å². The van der Waals surface area contributed by atoms with E-state index in [-0.39, 0.29) is 0 Å². The summed E-state index contributed by atoms with van der Waals surface area (Å²) in [4.78, 5) is 7.44. The smallest absolute Gasteiger partial charge is 0.137 e. The van der Waals surface area contributed by atoms with E-state index in [1.165, 1.54) is 18.5 Å². The Morgan fingerprint density at radius 1 is 1.19 bits per heavy atom. The molecule has 3 heterocycles. The van der Waals surface area contributed by atoms with Crippen molar-refractivity contribution in [2.24, 2.45) is 5.92 Å². The number of piperidine rings is 1. The van der Waals surface area contributed by atoms with Gasteiger partial charge in [-0.05, 0) is 68.6 Å². The lowest BCUT2D eigenvalue weighted by Crippen LogP contribution is -2.32. The number of nitrogens with two attached hydrogens (primary N) is 1. The normalized spacial score (nSPS) is 16.4. The fourth-order valence-electron chi connectivity index (χ4n) is 3.72. The van der Waals surface area contributed by atoms with Crippen LogP contribution < -0.4 is 5.73 Å². The van der Waals surface area contributed by atoms with E-state index in [0.29, 0.717) is 0 Å². The molecule has 2 N–H and O–H groups in total. The van der Waals surface area contributed by atoms with Gasteiger partial charge in [-0.1, -0.05) is 24.6 Å². The molecule has 1 aliphatic heterocycles. The number of hydrogen-bond donors (Lipinski definition) is 1. The molecule has 1 saturated heterocycles. The van der Waals surface area contributed by atoms with E-state index in [1.54, 1.807) is 0 Å². The number of nitrogen functional groups attached to an aromatic ring is 1. The number of benzene rings is 1. The lowest BCUT2D eigenvalue weighted by Gasteiger charge is -2.30. The van der Waals surface area contributed by atoms with Crippen LogP contribution in [-0.2, 0) is 6.54 Å². The molecule has 4 rings (SSSR count). The minimum Gasteiger partial charge on any atom is -0.398 e. The number of likely N-dealkylation sites (tertiary alicyclic amines) is 1. The number of pyridine rings is 1. The van der Waals surface area contributed by atoms with Gasteiger partial charge in [-0.3, -0.25) is 4.90 Å². The average Bonchev–Trinajstić information content (AvgIpc) is 2.97. The van der Waals surface area contributed by atoms with E-state index >= 15 is 0 Å². The maximum atomic E-state index is 6.23.